The highest BCUT2D eigenvalue weighted by atomic mass is 16.5. The Morgan fingerprint density at radius 1 is 1.40 bits per heavy atom. The number of pyridine rings is 1. The van der Waals surface area contributed by atoms with Crippen LogP contribution in [0.25, 0.3) is 27.4 Å². The number of hydrogen-bond acceptors (Lipinski definition) is 4. The molecule has 1 fully saturated rings. The summed E-state index contributed by atoms with van der Waals surface area (Å²) < 4.78 is 5.44. The number of nitrogens with zero attached hydrogens (tertiary/aromatic N) is 2. The lowest BCUT2D eigenvalue weighted by Gasteiger charge is -2.34. The molecule has 0 amide bonds. The average Bonchev–Trinajstić information content (AvgIpc) is 3.03. The first kappa shape index (κ1) is 15.8. The van der Waals surface area contributed by atoms with Gasteiger partial charge in [-0.15, -0.1) is 0 Å². The van der Waals surface area contributed by atoms with Gasteiger partial charge >= 0.3 is 0 Å². The maximum Gasteiger partial charge on any atom is 0.138 e. The molecule has 1 saturated carbocycles. The molecule has 1 aliphatic rings. The summed E-state index contributed by atoms with van der Waals surface area (Å²) in [6.45, 7) is 0. The summed E-state index contributed by atoms with van der Waals surface area (Å²) >= 11 is 0. The van der Waals surface area contributed by atoms with E-state index in [4.69, 9.17) is 10.5 Å². The van der Waals surface area contributed by atoms with Crippen molar-refractivity contribution in [3.8, 4) is 0 Å². The predicted octanol–water partition coefficient (Wildman–Crippen LogP) is 3.61. The number of nitrogens with two attached hydrogens (primary N) is 1. The second kappa shape index (κ2) is 6.33. The van der Waals surface area contributed by atoms with Crippen molar-refractivity contribution in [2.45, 2.75) is 24.9 Å². The van der Waals surface area contributed by atoms with Crippen LogP contribution in [-0.4, -0.2) is 36.4 Å². The Labute approximate surface area is 146 Å². The number of allylic oxidation sites excluding steroid dienone is 1. The van der Waals surface area contributed by atoms with Crippen LogP contribution in [0.15, 0.2) is 41.8 Å². The maximum atomic E-state index is 5.78. The van der Waals surface area contributed by atoms with Gasteiger partial charge in [0, 0.05) is 55.3 Å². The first-order valence-corrected chi connectivity index (χ1v) is 8.52. The van der Waals surface area contributed by atoms with Crippen LogP contribution in [0.3, 0.4) is 0 Å². The lowest BCUT2D eigenvalue weighted by molar-refractivity contribution is 0.0261. The Hall–Kier alpha value is -2.66. The Morgan fingerprint density at radius 2 is 2.24 bits per heavy atom. The largest absolute Gasteiger partial charge is 0.404 e. The fourth-order valence-electron chi connectivity index (χ4n) is 3.70. The van der Waals surface area contributed by atoms with Crippen LogP contribution in [0.2, 0.25) is 0 Å². The summed E-state index contributed by atoms with van der Waals surface area (Å²) in [7, 11) is 3.54. The first-order chi connectivity index (χ1) is 12.2. The number of fused-ring (bicyclic) bond motifs is 3. The van der Waals surface area contributed by atoms with Crippen molar-refractivity contribution in [2.24, 2.45) is 10.7 Å². The molecule has 4 rings (SSSR count). The summed E-state index contributed by atoms with van der Waals surface area (Å²) in [4.78, 5) is 12.0. The van der Waals surface area contributed by atoms with Gasteiger partial charge in [0.05, 0.1) is 6.10 Å². The second-order valence-electron chi connectivity index (χ2n) is 6.56. The van der Waals surface area contributed by atoms with E-state index in [1.54, 1.807) is 26.6 Å². The Kier molecular flexibility index (Phi) is 4.01. The van der Waals surface area contributed by atoms with E-state index < -0.39 is 0 Å². The fraction of sp³-hybridized carbons (Fsp3) is 0.300. The lowest BCUT2D eigenvalue weighted by Crippen LogP contribution is -2.28. The number of benzene rings is 1. The molecule has 5 heteroatoms. The summed E-state index contributed by atoms with van der Waals surface area (Å²) in [5, 5.41) is 3.54. The van der Waals surface area contributed by atoms with Gasteiger partial charge < -0.3 is 15.5 Å². The van der Waals surface area contributed by atoms with E-state index in [0.717, 1.165) is 35.0 Å². The average molecular weight is 334 g/mol. The third-order valence-corrected chi connectivity index (χ3v) is 5.19. The number of ether oxygens (including phenoxy) is 1. The topological polar surface area (TPSA) is 76.3 Å². The molecule has 0 saturated heterocycles. The van der Waals surface area contributed by atoms with Gasteiger partial charge in [0.1, 0.15) is 5.65 Å². The van der Waals surface area contributed by atoms with Gasteiger partial charge in [0.15, 0.2) is 0 Å². The molecule has 1 aromatic carbocycles. The summed E-state index contributed by atoms with van der Waals surface area (Å²) in [6, 6.07) is 6.34. The summed E-state index contributed by atoms with van der Waals surface area (Å²) in [5.74, 6) is 0.525. The van der Waals surface area contributed by atoms with Crippen molar-refractivity contribution in [1.29, 1.82) is 0 Å². The van der Waals surface area contributed by atoms with Gasteiger partial charge in [0.25, 0.3) is 0 Å². The van der Waals surface area contributed by atoms with Crippen LogP contribution >= 0.6 is 0 Å². The molecule has 0 spiro atoms. The fourth-order valence-corrected chi connectivity index (χ4v) is 3.70. The predicted molar refractivity (Wildman–Crippen MR) is 103 cm³/mol. The zero-order valence-electron chi connectivity index (χ0n) is 14.5. The molecule has 3 N–H and O–H groups in total. The minimum atomic E-state index is 0.376. The number of rotatable bonds is 4. The van der Waals surface area contributed by atoms with E-state index in [2.05, 4.69) is 39.4 Å². The van der Waals surface area contributed by atoms with Crippen molar-refractivity contribution in [2.75, 3.05) is 14.2 Å². The van der Waals surface area contributed by atoms with Crippen molar-refractivity contribution in [3.63, 3.8) is 0 Å². The molecule has 0 aliphatic heterocycles. The summed E-state index contributed by atoms with van der Waals surface area (Å²) in [5.41, 5.74) is 10.0. The van der Waals surface area contributed by atoms with Gasteiger partial charge in [-0.1, -0.05) is 12.1 Å². The molecule has 5 nitrogen and oxygen atoms in total. The number of aromatic nitrogens is 2. The number of H-pyrrole nitrogens is 1. The minimum Gasteiger partial charge on any atom is -0.404 e. The number of hydrogen-bond donors (Lipinski definition) is 2. The molecule has 0 radical (unpaired) electrons. The number of aromatic amines is 1. The highest BCUT2D eigenvalue weighted by molar-refractivity contribution is 6.13. The van der Waals surface area contributed by atoms with E-state index in [0.29, 0.717) is 12.0 Å². The molecule has 2 aromatic heterocycles. The van der Waals surface area contributed by atoms with Crippen LogP contribution in [0.1, 0.15) is 29.9 Å². The smallest absolute Gasteiger partial charge is 0.138 e. The molecule has 25 heavy (non-hydrogen) atoms. The molecule has 128 valence electrons. The third kappa shape index (κ3) is 2.61. The highest BCUT2D eigenvalue weighted by Gasteiger charge is 2.32. The van der Waals surface area contributed by atoms with Crippen molar-refractivity contribution in [1.82, 2.24) is 9.97 Å². The van der Waals surface area contributed by atoms with Crippen molar-refractivity contribution in [3.05, 3.63) is 47.9 Å². The van der Waals surface area contributed by atoms with Gasteiger partial charge in [-0.3, -0.25) is 4.99 Å². The molecule has 1 aliphatic carbocycles. The number of methoxy groups -OCH3 is 1. The maximum absolute atomic E-state index is 5.78. The SMILES string of the molecule is CN=C/C(=C\N)c1ccc2cnc3[nH]cc(C4CC(OC)C4)c3c2c1. The Morgan fingerprint density at radius 3 is 2.96 bits per heavy atom. The van der Waals surface area contributed by atoms with Crippen LogP contribution in [0.4, 0.5) is 0 Å². The number of aliphatic imine (C=N–C) groups is 1. The Balaban J connectivity index is 1.88. The molecular formula is C20H22N4O. The van der Waals surface area contributed by atoms with E-state index in [1.165, 1.54) is 16.3 Å². The lowest BCUT2D eigenvalue weighted by atomic mass is 9.77. The standard InChI is InChI=1S/C20H22N4O/c1-22-9-15(8-21)12-3-4-13-10-23-20-19(17(13)7-12)18(11-24-20)14-5-16(6-14)25-2/h3-4,7-11,14,16H,5-6,21H2,1-2H3,(H,23,24)/b15-8+,22-9?. The van der Waals surface area contributed by atoms with Gasteiger partial charge in [0.2, 0.25) is 0 Å². The van der Waals surface area contributed by atoms with E-state index in [1.807, 2.05) is 6.20 Å². The molecule has 3 aromatic rings. The van der Waals surface area contributed by atoms with Gasteiger partial charge in [-0.25, -0.2) is 4.98 Å². The van der Waals surface area contributed by atoms with Crippen molar-refractivity contribution < 1.29 is 4.74 Å². The number of nitrogens with one attached hydrogen (secondary N) is 1. The normalized spacial score (nSPS) is 21.3. The van der Waals surface area contributed by atoms with Crippen LogP contribution in [-0.2, 0) is 4.74 Å². The van der Waals surface area contributed by atoms with E-state index >= 15 is 0 Å². The van der Waals surface area contributed by atoms with Crippen LogP contribution < -0.4 is 5.73 Å². The monoisotopic (exact) mass is 334 g/mol. The molecule has 0 atom stereocenters. The highest BCUT2D eigenvalue weighted by Crippen LogP contribution is 2.42. The Bertz CT molecular complexity index is 980. The third-order valence-electron chi connectivity index (χ3n) is 5.19. The van der Waals surface area contributed by atoms with E-state index in [9.17, 15) is 0 Å². The van der Waals surface area contributed by atoms with Gasteiger partial charge in [-0.2, -0.15) is 0 Å². The zero-order chi connectivity index (χ0) is 17.4. The second-order valence-corrected chi connectivity index (χ2v) is 6.56. The van der Waals surface area contributed by atoms with E-state index in [-0.39, 0.29) is 0 Å². The van der Waals surface area contributed by atoms with Crippen LogP contribution in [0, 0.1) is 0 Å². The zero-order valence-corrected chi connectivity index (χ0v) is 14.5. The van der Waals surface area contributed by atoms with Gasteiger partial charge in [-0.05, 0) is 41.3 Å². The molecule has 0 unspecified atom stereocenters. The molecular weight excluding hydrogens is 312 g/mol. The minimum absolute atomic E-state index is 0.376. The molecule has 0 bridgehead atoms. The van der Waals surface area contributed by atoms with Crippen molar-refractivity contribution >= 4 is 33.6 Å². The summed E-state index contributed by atoms with van der Waals surface area (Å²) in [6.07, 6.45) is 9.91. The first-order valence-electron chi connectivity index (χ1n) is 8.52. The quantitative estimate of drug-likeness (QED) is 0.716. The van der Waals surface area contributed by atoms with Crippen LogP contribution in [0.5, 0.6) is 0 Å². The molecule has 2 heterocycles.